The van der Waals surface area contributed by atoms with Crippen LogP contribution in [0.5, 0.6) is 0 Å². The molecule has 1 fully saturated rings. The predicted octanol–water partition coefficient (Wildman–Crippen LogP) is 1.73. The lowest BCUT2D eigenvalue weighted by atomic mass is 10.1. The molecule has 26 heavy (non-hydrogen) atoms. The van der Waals surface area contributed by atoms with Crippen LogP contribution in [-0.2, 0) is 11.3 Å². The van der Waals surface area contributed by atoms with Crippen molar-refractivity contribution in [1.29, 1.82) is 0 Å². The van der Waals surface area contributed by atoms with Crippen molar-refractivity contribution in [3.05, 3.63) is 56.4 Å². The number of carbonyl (C=O) groups is 2. The highest BCUT2D eigenvalue weighted by Gasteiger charge is 2.24. The van der Waals surface area contributed by atoms with Gasteiger partial charge in [0.2, 0.25) is 5.91 Å². The molecule has 0 saturated carbocycles. The van der Waals surface area contributed by atoms with Crippen LogP contribution < -0.4 is 4.87 Å². The van der Waals surface area contributed by atoms with Crippen molar-refractivity contribution in [2.24, 2.45) is 0 Å². The number of aryl methyl sites for hydroxylation is 1. The van der Waals surface area contributed by atoms with Crippen molar-refractivity contribution >= 4 is 23.2 Å². The minimum Gasteiger partial charge on any atom is -0.339 e. The summed E-state index contributed by atoms with van der Waals surface area (Å²) >= 11 is 1.14. The Morgan fingerprint density at radius 1 is 1.08 bits per heavy atom. The third kappa shape index (κ3) is 4.01. The summed E-state index contributed by atoms with van der Waals surface area (Å²) in [7, 11) is 0. The van der Waals surface area contributed by atoms with Crippen molar-refractivity contribution in [2.45, 2.75) is 19.9 Å². The van der Waals surface area contributed by atoms with E-state index in [4.69, 9.17) is 0 Å². The number of benzene rings is 1. The van der Waals surface area contributed by atoms with Crippen molar-refractivity contribution in [2.75, 3.05) is 26.2 Å². The summed E-state index contributed by atoms with van der Waals surface area (Å²) in [4.78, 5) is 39.8. The number of amides is 2. The fourth-order valence-electron chi connectivity index (χ4n) is 2.97. The minimum atomic E-state index is -0.378. The zero-order valence-electron chi connectivity index (χ0n) is 14.5. The molecular formula is C18H20FN3O3S. The van der Waals surface area contributed by atoms with E-state index in [9.17, 15) is 18.8 Å². The molecule has 1 aliphatic heterocycles. The van der Waals surface area contributed by atoms with E-state index in [0.29, 0.717) is 38.3 Å². The first-order valence-electron chi connectivity index (χ1n) is 8.43. The van der Waals surface area contributed by atoms with E-state index in [1.54, 1.807) is 19.7 Å². The first kappa shape index (κ1) is 18.3. The number of hydrogen-bond donors (Lipinski definition) is 0. The Labute approximate surface area is 154 Å². The summed E-state index contributed by atoms with van der Waals surface area (Å²) in [6.07, 6.45) is 0.267. The molecule has 0 N–H and O–H groups in total. The van der Waals surface area contributed by atoms with E-state index in [2.05, 4.69) is 0 Å². The molecule has 0 spiro atoms. The lowest BCUT2D eigenvalue weighted by Crippen LogP contribution is -2.50. The molecule has 3 rings (SSSR count). The van der Waals surface area contributed by atoms with Gasteiger partial charge in [0, 0.05) is 55.8 Å². The number of piperazine rings is 1. The maximum Gasteiger partial charge on any atom is 0.307 e. The molecule has 2 amide bonds. The number of thiazole rings is 1. The first-order valence-corrected chi connectivity index (χ1v) is 9.31. The van der Waals surface area contributed by atoms with E-state index >= 15 is 0 Å². The molecule has 0 unspecified atom stereocenters. The van der Waals surface area contributed by atoms with Gasteiger partial charge in [-0.05, 0) is 31.2 Å². The van der Waals surface area contributed by atoms with Crippen LogP contribution in [0, 0.1) is 12.7 Å². The number of nitrogens with zero attached hydrogens (tertiary/aromatic N) is 3. The Hall–Kier alpha value is -2.48. The third-order valence-electron chi connectivity index (χ3n) is 4.54. The normalized spacial score (nSPS) is 14.5. The van der Waals surface area contributed by atoms with Crippen LogP contribution in [0.15, 0.2) is 34.4 Å². The SMILES string of the molecule is Cc1csc(=O)n1CCC(=O)N1CCN(C(=O)c2ccc(F)cc2)CC1. The van der Waals surface area contributed by atoms with Crippen LogP contribution >= 0.6 is 11.3 Å². The second-order valence-electron chi connectivity index (χ2n) is 6.22. The molecule has 1 aliphatic rings. The first-order chi connectivity index (χ1) is 12.5. The average Bonchev–Trinajstić information content (AvgIpc) is 2.98. The van der Waals surface area contributed by atoms with Crippen molar-refractivity contribution in [3.63, 3.8) is 0 Å². The van der Waals surface area contributed by atoms with Gasteiger partial charge in [-0.3, -0.25) is 14.4 Å². The molecule has 2 heterocycles. The highest BCUT2D eigenvalue weighted by molar-refractivity contribution is 7.07. The molecule has 0 atom stereocenters. The van der Waals surface area contributed by atoms with Crippen molar-refractivity contribution in [3.8, 4) is 0 Å². The quantitative estimate of drug-likeness (QED) is 0.815. The van der Waals surface area contributed by atoms with Gasteiger partial charge in [0.15, 0.2) is 0 Å². The molecule has 1 aromatic carbocycles. The predicted molar refractivity (Wildman–Crippen MR) is 96.8 cm³/mol. The Bertz CT molecular complexity index is 851. The Morgan fingerprint density at radius 3 is 2.27 bits per heavy atom. The summed E-state index contributed by atoms with van der Waals surface area (Å²) in [5.41, 5.74) is 1.31. The van der Waals surface area contributed by atoms with Gasteiger partial charge in [0.25, 0.3) is 5.91 Å². The summed E-state index contributed by atoms with van der Waals surface area (Å²) in [6.45, 7) is 4.04. The molecule has 1 aromatic heterocycles. The number of rotatable bonds is 4. The van der Waals surface area contributed by atoms with E-state index in [0.717, 1.165) is 17.0 Å². The molecular weight excluding hydrogens is 357 g/mol. The van der Waals surface area contributed by atoms with E-state index in [1.165, 1.54) is 24.3 Å². The summed E-state index contributed by atoms with van der Waals surface area (Å²) in [5.74, 6) is -0.550. The molecule has 138 valence electrons. The van der Waals surface area contributed by atoms with Crippen molar-refractivity contribution in [1.82, 2.24) is 14.4 Å². The zero-order chi connectivity index (χ0) is 18.7. The molecule has 0 radical (unpaired) electrons. The van der Waals surface area contributed by atoms with Crippen LogP contribution in [0.4, 0.5) is 4.39 Å². The van der Waals surface area contributed by atoms with Gasteiger partial charge in [-0.1, -0.05) is 11.3 Å². The standard InChI is InChI=1S/C18H20FN3O3S/c1-13-12-26-18(25)22(13)7-6-16(23)20-8-10-21(11-9-20)17(24)14-2-4-15(19)5-3-14/h2-5,12H,6-11H2,1H3. The monoisotopic (exact) mass is 377 g/mol. The summed E-state index contributed by atoms with van der Waals surface area (Å²) in [5, 5.41) is 1.78. The van der Waals surface area contributed by atoms with Crippen LogP contribution in [-0.4, -0.2) is 52.4 Å². The second kappa shape index (κ2) is 7.82. The number of carbonyl (C=O) groups excluding carboxylic acids is 2. The van der Waals surface area contributed by atoms with Gasteiger partial charge in [-0.25, -0.2) is 4.39 Å². The van der Waals surface area contributed by atoms with E-state index in [-0.39, 0.29) is 28.9 Å². The lowest BCUT2D eigenvalue weighted by molar-refractivity contribution is -0.132. The summed E-state index contributed by atoms with van der Waals surface area (Å²) < 4.78 is 14.6. The van der Waals surface area contributed by atoms with Gasteiger partial charge in [-0.2, -0.15) is 0 Å². The number of halogens is 1. The fraction of sp³-hybridized carbons (Fsp3) is 0.389. The Morgan fingerprint density at radius 2 is 1.69 bits per heavy atom. The van der Waals surface area contributed by atoms with Crippen molar-refractivity contribution < 1.29 is 14.0 Å². The highest BCUT2D eigenvalue weighted by Crippen LogP contribution is 2.11. The van der Waals surface area contributed by atoms with Gasteiger partial charge in [-0.15, -0.1) is 0 Å². The Kier molecular flexibility index (Phi) is 5.51. The van der Waals surface area contributed by atoms with Gasteiger partial charge < -0.3 is 14.4 Å². The molecule has 0 bridgehead atoms. The Balaban J connectivity index is 1.51. The molecule has 0 aliphatic carbocycles. The minimum absolute atomic E-state index is 0.0172. The average molecular weight is 377 g/mol. The molecule has 8 heteroatoms. The van der Waals surface area contributed by atoms with Crippen LogP contribution in [0.25, 0.3) is 0 Å². The van der Waals surface area contributed by atoms with Gasteiger partial charge in [0.05, 0.1) is 0 Å². The van der Waals surface area contributed by atoms with Gasteiger partial charge >= 0.3 is 4.87 Å². The maximum absolute atomic E-state index is 13.0. The lowest BCUT2D eigenvalue weighted by Gasteiger charge is -2.35. The molecule has 2 aromatic rings. The van der Waals surface area contributed by atoms with Crippen LogP contribution in [0.1, 0.15) is 22.5 Å². The largest absolute Gasteiger partial charge is 0.339 e. The third-order valence-corrected chi connectivity index (χ3v) is 5.42. The summed E-state index contributed by atoms with van der Waals surface area (Å²) in [6, 6.07) is 5.47. The van der Waals surface area contributed by atoms with Crippen LogP contribution in [0.3, 0.4) is 0 Å². The topological polar surface area (TPSA) is 62.6 Å². The maximum atomic E-state index is 13.0. The van der Waals surface area contributed by atoms with E-state index < -0.39 is 0 Å². The highest BCUT2D eigenvalue weighted by atomic mass is 32.1. The second-order valence-corrected chi connectivity index (χ2v) is 7.05. The number of hydrogen-bond acceptors (Lipinski definition) is 4. The molecule has 6 nitrogen and oxygen atoms in total. The van der Waals surface area contributed by atoms with Gasteiger partial charge in [0.1, 0.15) is 5.82 Å². The fourth-order valence-corrected chi connectivity index (χ4v) is 3.74. The molecule has 1 saturated heterocycles. The zero-order valence-corrected chi connectivity index (χ0v) is 15.3. The smallest absolute Gasteiger partial charge is 0.307 e. The van der Waals surface area contributed by atoms with E-state index in [1.807, 2.05) is 6.92 Å². The van der Waals surface area contributed by atoms with Crippen LogP contribution in [0.2, 0.25) is 0 Å². The number of aromatic nitrogens is 1.